The number of anilines is 2. The Morgan fingerprint density at radius 1 is 1.08 bits per heavy atom. The highest BCUT2D eigenvalue weighted by molar-refractivity contribution is 5.96. The molecule has 2 rings (SSSR count). The van der Waals surface area contributed by atoms with E-state index in [0.717, 1.165) is 11.3 Å². The molecule has 2 N–H and O–H groups in total. The maximum absolute atomic E-state index is 13.1. The fourth-order valence-corrected chi connectivity index (χ4v) is 2.30. The fourth-order valence-electron chi connectivity index (χ4n) is 2.30. The molecule has 0 aliphatic rings. The Morgan fingerprint density at radius 2 is 1.72 bits per heavy atom. The molecule has 0 bridgehead atoms. The van der Waals surface area contributed by atoms with Crippen molar-refractivity contribution in [2.24, 2.45) is 0 Å². The van der Waals surface area contributed by atoms with Crippen LogP contribution in [0.25, 0.3) is 0 Å². The van der Waals surface area contributed by atoms with E-state index in [1.165, 1.54) is 18.2 Å². The molecular formula is C19H22FN3O2. The van der Waals surface area contributed by atoms with E-state index in [1.807, 2.05) is 31.2 Å². The molecule has 0 radical (unpaired) electrons. The van der Waals surface area contributed by atoms with E-state index >= 15 is 0 Å². The van der Waals surface area contributed by atoms with Crippen molar-refractivity contribution in [3.8, 4) is 0 Å². The van der Waals surface area contributed by atoms with Crippen LogP contribution in [-0.4, -0.2) is 36.3 Å². The molecule has 0 aliphatic carbocycles. The quantitative estimate of drug-likeness (QED) is 0.847. The van der Waals surface area contributed by atoms with Crippen molar-refractivity contribution in [3.63, 3.8) is 0 Å². The lowest BCUT2D eigenvalue weighted by Gasteiger charge is -2.23. The number of halogens is 1. The first-order valence-corrected chi connectivity index (χ1v) is 7.98. The number of hydrogen-bond acceptors (Lipinski definition) is 3. The molecule has 6 heteroatoms. The van der Waals surface area contributed by atoms with Gasteiger partial charge in [-0.05, 0) is 56.8 Å². The zero-order chi connectivity index (χ0) is 18.4. The zero-order valence-electron chi connectivity index (χ0n) is 14.5. The van der Waals surface area contributed by atoms with E-state index in [2.05, 4.69) is 10.6 Å². The topological polar surface area (TPSA) is 61.4 Å². The third-order valence-electron chi connectivity index (χ3n) is 3.83. The number of nitrogens with one attached hydrogen (secondary N) is 2. The van der Waals surface area contributed by atoms with E-state index in [-0.39, 0.29) is 18.4 Å². The second kappa shape index (κ2) is 8.39. The summed E-state index contributed by atoms with van der Waals surface area (Å²) in [4.78, 5) is 26.0. The molecule has 0 aromatic heterocycles. The summed E-state index contributed by atoms with van der Waals surface area (Å²) in [6, 6.07) is 12.7. The first kappa shape index (κ1) is 18.6. The van der Waals surface area contributed by atoms with Crippen LogP contribution in [0.4, 0.5) is 15.8 Å². The summed E-state index contributed by atoms with van der Waals surface area (Å²) in [7, 11) is 1.69. The van der Waals surface area contributed by atoms with Crippen molar-refractivity contribution in [3.05, 3.63) is 59.9 Å². The number of aryl methyl sites for hydroxylation is 1. The Balaban J connectivity index is 1.89. The summed E-state index contributed by atoms with van der Waals surface area (Å²) in [5.41, 5.74) is 2.15. The van der Waals surface area contributed by atoms with Gasteiger partial charge in [0, 0.05) is 11.4 Å². The van der Waals surface area contributed by atoms with Gasteiger partial charge in [0.05, 0.1) is 12.6 Å². The van der Waals surface area contributed by atoms with Crippen LogP contribution in [0.1, 0.15) is 12.5 Å². The largest absolute Gasteiger partial charge is 0.325 e. The molecule has 25 heavy (non-hydrogen) atoms. The normalized spacial score (nSPS) is 11.9. The van der Waals surface area contributed by atoms with Gasteiger partial charge in [0.15, 0.2) is 0 Å². The van der Waals surface area contributed by atoms with Crippen molar-refractivity contribution in [2.75, 3.05) is 24.2 Å². The average molecular weight is 343 g/mol. The Morgan fingerprint density at radius 3 is 2.36 bits per heavy atom. The smallest absolute Gasteiger partial charge is 0.241 e. The van der Waals surface area contributed by atoms with Gasteiger partial charge in [-0.25, -0.2) is 4.39 Å². The molecule has 132 valence electrons. The number of amides is 2. The third kappa shape index (κ3) is 5.69. The third-order valence-corrected chi connectivity index (χ3v) is 3.83. The van der Waals surface area contributed by atoms with Gasteiger partial charge in [0.2, 0.25) is 11.8 Å². The van der Waals surface area contributed by atoms with Gasteiger partial charge < -0.3 is 10.6 Å². The van der Waals surface area contributed by atoms with Gasteiger partial charge in [-0.3, -0.25) is 14.5 Å². The number of carbonyl (C=O) groups is 2. The molecule has 0 aliphatic heterocycles. The van der Waals surface area contributed by atoms with Crippen LogP contribution >= 0.6 is 0 Å². The minimum absolute atomic E-state index is 0.0128. The average Bonchev–Trinajstić information content (AvgIpc) is 2.53. The molecule has 0 heterocycles. The maximum atomic E-state index is 13.1. The van der Waals surface area contributed by atoms with E-state index in [1.54, 1.807) is 24.9 Å². The Kier molecular flexibility index (Phi) is 6.25. The van der Waals surface area contributed by atoms with Gasteiger partial charge in [-0.15, -0.1) is 0 Å². The van der Waals surface area contributed by atoms with Crippen LogP contribution in [0.3, 0.4) is 0 Å². The Hall–Kier alpha value is -2.73. The summed E-state index contributed by atoms with van der Waals surface area (Å²) in [5, 5.41) is 5.44. The molecule has 0 fully saturated rings. The lowest BCUT2D eigenvalue weighted by molar-refractivity contribution is -0.122. The number of benzene rings is 2. The number of rotatable bonds is 6. The molecule has 2 aromatic rings. The van der Waals surface area contributed by atoms with Crippen LogP contribution in [0, 0.1) is 12.7 Å². The van der Waals surface area contributed by atoms with Gasteiger partial charge in [-0.2, -0.15) is 0 Å². The Labute approximate surface area is 146 Å². The van der Waals surface area contributed by atoms with E-state index in [4.69, 9.17) is 0 Å². The lowest BCUT2D eigenvalue weighted by Crippen LogP contribution is -2.43. The van der Waals surface area contributed by atoms with E-state index in [9.17, 15) is 14.0 Å². The van der Waals surface area contributed by atoms with E-state index in [0.29, 0.717) is 5.69 Å². The number of nitrogens with zero attached hydrogens (tertiary/aromatic N) is 1. The fraction of sp³-hybridized carbons (Fsp3) is 0.263. The minimum Gasteiger partial charge on any atom is -0.325 e. The van der Waals surface area contributed by atoms with Crippen LogP contribution in [-0.2, 0) is 9.59 Å². The maximum Gasteiger partial charge on any atom is 0.241 e. The van der Waals surface area contributed by atoms with Crippen LogP contribution < -0.4 is 10.6 Å². The highest BCUT2D eigenvalue weighted by atomic mass is 19.1. The Bertz CT molecular complexity index is 764. The number of hydrogen-bond donors (Lipinski definition) is 2. The molecule has 0 saturated carbocycles. The highest BCUT2D eigenvalue weighted by Crippen LogP contribution is 2.12. The lowest BCUT2D eigenvalue weighted by atomic mass is 10.2. The van der Waals surface area contributed by atoms with Gasteiger partial charge in [0.1, 0.15) is 5.82 Å². The molecule has 0 spiro atoms. The second-order valence-corrected chi connectivity index (χ2v) is 6.01. The standard InChI is InChI=1S/C19H22FN3O2/c1-13-6-4-8-16(10-13)22-19(25)14(2)23(3)12-18(24)21-17-9-5-7-15(20)11-17/h4-11,14H,12H2,1-3H3,(H,21,24)(H,22,25)/t14-/m1/s1. The molecule has 0 saturated heterocycles. The summed E-state index contributed by atoms with van der Waals surface area (Å²) >= 11 is 0. The van der Waals surface area contributed by atoms with Gasteiger partial charge in [0.25, 0.3) is 0 Å². The number of carbonyl (C=O) groups excluding carboxylic acids is 2. The SMILES string of the molecule is Cc1cccc(NC(=O)[C@@H](C)N(C)CC(=O)Nc2cccc(F)c2)c1. The second-order valence-electron chi connectivity index (χ2n) is 6.01. The number of likely N-dealkylation sites (N-methyl/N-ethyl adjacent to an activating group) is 1. The minimum atomic E-state index is -0.501. The van der Waals surface area contributed by atoms with Crippen LogP contribution in [0.15, 0.2) is 48.5 Å². The zero-order valence-corrected chi connectivity index (χ0v) is 14.5. The summed E-state index contributed by atoms with van der Waals surface area (Å²) < 4.78 is 13.1. The van der Waals surface area contributed by atoms with Crippen molar-refractivity contribution in [1.82, 2.24) is 4.90 Å². The monoisotopic (exact) mass is 343 g/mol. The highest BCUT2D eigenvalue weighted by Gasteiger charge is 2.20. The molecule has 5 nitrogen and oxygen atoms in total. The summed E-state index contributed by atoms with van der Waals surface area (Å²) in [5.74, 6) is -0.938. The van der Waals surface area contributed by atoms with Crippen molar-refractivity contribution in [2.45, 2.75) is 19.9 Å². The molecule has 2 amide bonds. The van der Waals surface area contributed by atoms with Crippen LogP contribution in [0.2, 0.25) is 0 Å². The predicted octanol–water partition coefficient (Wildman–Crippen LogP) is 3.03. The van der Waals surface area contributed by atoms with E-state index < -0.39 is 11.9 Å². The summed E-state index contributed by atoms with van der Waals surface area (Å²) in [6.45, 7) is 3.68. The molecule has 1 atom stereocenters. The summed E-state index contributed by atoms with van der Waals surface area (Å²) in [6.07, 6.45) is 0. The van der Waals surface area contributed by atoms with Crippen molar-refractivity contribution in [1.29, 1.82) is 0 Å². The van der Waals surface area contributed by atoms with Gasteiger partial charge in [-0.1, -0.05) is 18.2 Å². The van der Waals surface area contributed by atoms with Crippen molar-refractivity contribution < 1.29 is 14.0 Å². The molecular weight excluding hydrogens is 321 g/mol. The first-order chi connectivity index (χ1) is 11.8. The van der Waals surface area contributed by atoms with Crippen LogP contribution in [0.5, 0.6) is 0 Å². The van der Waals surface area contributed by atoms with Crippen molar-refractivity contribution >= 4 is 23.2 Å². The molecule has 2 aromatic carbocycles. The van der Waals surface area contributed by atoms with Gasteiger partial charge >= 0.3 is 0 Å². The predicted molar refractivity (Wildman–Crippen MR) is 96.9 cm³/mol. The first-order valence-electron chi connectivity index (χ1n) is 7.98. The molecule has 0 unspecified atom stereocenters.